The number of carbonyl (C=O) groups is 1. The molecule has 2 aromatic rings. The van der Waals surface area contributed by atoms with Gasteiger partial charge in [0.15, 0.2) is 5.76 Å². The van der Waals surface area contributed by atoms with Gasteiger partial charge in [0.2, 0.25) is 0 Å². The molecule has 1 aromatic heterocycles. The minimum Gasteiger partial charge on any atom is -0.451 e. The Balaban J connectivity index is 1.48. The van der Waals surface area contributed by atoms with Crippen LogP contribution in [0.4, 0.5) is 0 Å². The normalized spacial score (nSPS) is 26.3. The summed E-state index contributed by atoms with van der Waals surface area (Å²) < 4.78 is 5.69. The zero-order valence-corrected chi connectivity index (χ0v) is 12.8. The fraction of sp³-hybridized carbons (Fsp3) is 0.353. The number of furan rings is 1. The average Bonchev–Trinajstić information content (AvgIpc) is 3.23. The number of piperidine rings is 1. The maximum atomic E-state index is 12.3. The van der Waals surface area contributed by atoms with E-state index in [1.807, 2.05) is 24.3 Å². The average molecular weight is 317 g/mol. The molecule has 3 unspecified atom stereocenters. The number of hydrogen-bond donors (Lipinski definition) is 2. The molecule has 5 heteroatoms. The summed E-state index contributed by atoms with van der Waals surface area (Å²) in [4.78, 5) is 12.3. The predicted octanol–water partition coefficient (Wildman–Crippen LogP) is 3.08. The van der Waals surface area contributed by atoms with Crippen LogP contribution in [0, 0.1) is 5.92 Å². The van der Waals surface area contributed by atoms with Crippen LogP contribution >= 0.6 is 11.6 Å². The fourth-order valence-corrected chi connectivity index (χ4v) is 3.70. The molecule has 1 aliphatic heterocycles. The van der Waals surface area contributed by atoms with Gasteiger partial charge in [0, 0.05) is 22.7 Å². The maximum absolute atomic E-state index is 12.3. The van der Waals surface area contributed by atoms with E-state index in [1.54, 1.807) is 12.1 Å². The van der Waals surface area contributed by atoms with Gasteiger partial charge in [-0.3, -0.25) is 4.79 Å². The highest BCUT2D eigenvalue weighted by Gasteiger charge is 2.40. The third-order valence-corrected chi connectivity index (χ3v) is 4.82. The Bertz CT molecular complexity index is 712. The van der Waals surface area contributed by atoms with Crippen molar-refractivity contribution in [3.63, 3.8) is 0 Å². The highest BCUT2D eigenvalue weighted by atomic mass is 35.5. The van der Waals surface area contributed by atoms with Crippen molar-refractivity contribution >= 4 is 17.5 Å². The van der Waals surface area contributed by atoms with E-state index in [0.717, 1.165) is 24.9 Å². The van der Waals surface area contributed by atoms with Crippen LogP contribution in [0.15, 0.2) is 40.8 Å². The molecule has 1 aliphatic carbocycles. The lowest BCUT2D eigenvalue weighted by molar-refractivity contribution is 0.0901. The molecule has 3 atom stereocenters. The number of fused-ring (bicyclic) bond motifs is 2. The second-order valence-electron chi connectivity index (χ2n) is 6.11. The zero-order valence-electron chi connectivity index (χ0n) is 12.0. The molecule has 4 rings (SSSR count). The summed E-state index contributed by atoms with van der Waals surface area (Å²) in [7, 11) is 0. The third kappa shape index (κ3) is 2.53. The molecular formula is C17H17ClN2O2. The largest absolute Gasteiger partial charge is 0.451 e. The molecule has 1 amide bonds. The maximum Gasteiger partial charge on any atom is 0.287 e. The number of benzene rings is 1. The Morgan fingerprint density at radius 1 is 1.27 bits per heavy atom. The Morgan fingerprint density at radius 2 is 2.18 bits per heavy atom. The minimum absolute atomic E-state index is 0.146. The second kappa shape index (κ2) is 5.45. The Labute approximate surface area is 133 Å². The predicted molar refractivity (Wildman–Crippen MR) is 84.9 cm³/mol. The number of halogens is 1. The van der Waals surface area contributed by atoms with E-state index in [9.17, 15) is 4.79 Å². The number of hydrogen-bond acceptors (Lipinski definition) is 3. The van der Waals surface area contributed by atoms with E-state index in [4.69, 9.17) is 16.0 Å². The summed E-state index contributed by atoms with van der Waals surface area (Å²) in [6.07, 6.45) is 2.22. The molecular weight excluding hydrogens is 300 g/mol. The molecule has 1 aromatic carbocycles. The molecule has 2 aliphatic rings. The number of nitrogens with one attached hydrogen (secondary N) is 2. The number of carbonyl (C=O) groups excluding carboxylic acids is 1. The van der Waals surface area contributed by atoms with Crippen LogP contribution in [0.25, 0.3) is 11.3 Å². The Hall–Kier alpha value is -1.78. The molecule has 1 saturated heterocycles. The van der Waals surface area contributed by atoms with Crippen molar-refractivity contribution in [1.82, 2.24) is 10.6 Å². The van der Waals surface area contributed by atoms with Crippen LogP contribution in [0.5, 0.6) is 0 Å². The van der Waals surface area contributed by atoms with Gasteiger partial charge in [0.05, 0.1) is 0 Å². The smallest absolute Gasteiger partial charge is 0.287 e. The van der Waals surface area contributed by atoms with E-state index in [1.165, 1.54) is 0 Å². The Morgan fingerprint density at radius 3 is 2.91 bits per heavy atom. The lowest BCUT2D eigenvalue weighted by atomic mass is 10.1. The van der Waals surface area contributed by atoms with Crippen molar-refractivity contribution in [3.05, 3.63) is 47.2 Å². The summed E-state index contributed by atoms with van der Waals surface area (Å²) in [5, 5.41) is 7.17. The number of amides is 1. The molecule has 4 nitrogen and oxygen atoms in total. The van der Waals surface area contributed by atoms with E-state index >= 15 is 0 Å². The molecule has 0 radical (unpaired) electrons. The SMILES string of the molecule is O=C(NC1CC2CNC1C2)c1ccc(-c2cccc(Cl)c2)o1. The van der Waals surface area contributed by atoms with Gasteiger partial charge >= 0.3 is 0 Å². The lowest BCUT2D eigenvalue weighted by Gasteiger charge is -2.23. The molecule has 2 heterocycles. The minimum atomic E-state index is -0.146. The molecule has 2 bridgehead atoms. The molecule has 22 heavy (non-hydrogen) atoms. The van der Waals surface area contributed by atoms with Crippen LogP contribution in [-0.4, -0.2) is 24.5 Å². The Kier molecular flexibility index (Phi) is 3.43. The van der Waals surface area contributed by atoms with Gasteiger partial charge < -0.3 is 15.1 Å². The molecule has 1 saturated carbocycles. The van der Waals surface area contributed by atoms with E-state index < -0.39 is 0 Å². The lowest BCUT2D eigenvalue weighted by Crippen LogP contribution is -2.47. The van der Waals surface area contributed by atoms with Gasteiger partial charge in [-0.05, 0) is 49.6 Å². The first-order valence-corrected chi connectivity index (χ1v) is 7.97. The standard InChI is InChI=1S/C17H17ClN2O2/c18-12-3-1-2-11(8-12)15-4-5-16(22-15)17(21)20-14-7-10-6-13(14)19-9-10/h1-5,8,10,13-14,19H,6-7,9H2,(H,20,21). The van der Waals surface area contributed by atoms with Crippen molar-refractivity contribution in [2.24, 2.45) is 5.92 Å². The van der Waals surface area contributed by atoms with Gasteiger partial charge in [-0.1, -0.05) is 23.7 Å². The molecule has 114 valence electrons. The first-order valence-electron chi connectivity index (χ1n) is 7.59. The van der Waals surface area contributed by atoms with Gasteiger partial charge in [0.25, 0.3) is 5.91 Å². The van der Waals surface area contributed by atoms with Crippen molar-refractivity contribution in [2.45, 2.75) is 24.9 Å². The van der Waals surface area contributed by atoms with Crippen LogP contribution in [0.1, 0.15) is 23.4 Å². The summed E-state index contributed by atoms with van der Waals surface area (Å²) in [6, 6.07) is 11.5. The number of rotatable bonds is 3. The van der Waals surface area contributed by atoms with Gasteiger partial charge in [-0.2, -0.15) is 0 Å². The topological polar surface area (TPSA) is 54.3 Å². The monoisotopic (exact) mass is 316 g/mol. The van der Waals surface area contributed by atoms with Gasteiger partial charge in [-0.25, -0.2) is 0 Å². The van der Waals surface area contributed by atoms with Crippen molar-refractivity contribution in [1.29, 1.82) is 0 Å². The molecule has 0 spiro atoms. The first-order chi connectivity index (χ1) is 10.7. The van der Waals surface area contributed by atoms with Gasteiger partial charge in [-0.15, -0.1) is 0 Å². The highest BCUT2D eigenvalue weighted by Crippen LogP contribution is 2.31. The van der Waals surface area contributed by atoms with Crippen LogP contribution < -0.4 is 10.6 Å². The summed E-state index contributed by atoms with van der Waals surface area (Å²) in [5.41, 5.74) is 0.869. The van der Waals surface area contributed by atoms with Crippen LogP contribution in [0.2, 0.25) is 5.02 Å². The molecule has 2 N–H and O–H groups in total. The van der Waals surface area contributed by atoms with Crippen LogP contribution in [-0.2, 0) is 0 Å². The summed E-state index contributed by atoms with van der Waals surface area (Å²) in [6.45, 7) is 1.08. The van der Waals surface area contributed by atoms with E-state index in [0.29, 0.717) is 28.5 Å². The first kappa shape index (κ1) is 13.9. The third-order valence-electron chi connectivity index (χ3n) is 4.58. The quantitative estimate of drug-likeness (QED) is 0.915. The second-order valence-corrected chi connectivity index (χ2v) is 6.54. The molecule has 2 fully saturated rings. The summed E-state index contributed by atoms with van der Waals surface area (Å²) >= 11 is 5.99. The van der Waals surface area contributed by atoms with Crippen molar-refractivity contribution in [2.75, 3.05) is 6.54 Å². The van der Waals surface area contributed by atoms with Crippen LogP contribution in [0.3, 0.4) is 0 Å². The summed E-state index contributed by atoms with van der Waals surface area (Å²) in [5.74, 6) is 1.55. The van der Waals surface area contributed by atoms with Gasteiger partial charge in [0.1, 0.15) is 5.76 Å². The zero-order chi connectivity index (χ0) is 15.1. The van der Waals surface area contributed by atoms with Crippen molar-refractivity contribution < 1.29 is 9.21 Å². The fourth-order valence-electron chi connectivity index (χ4n) is 3.51. The van der Waals surface area contributed by atoms with Crippen molar-refractivity contribution in [3.8, 4) is 11.3 Å². The highest BCUT2D eigenvalue weighted by molar-refractivity contribution is 6.30. The van der Waals surface area contributed by atoms with E-state index in [-0.39, 0.29) is 11.9 Å². The van der Waals surface area contributed by atoms with E-state index in [2.05, 4.69) is 10.6 Å².